The summed E-state index contributed by atoms with van der Waals surface area (Å²) in [6, 6.07) is 44.2. The Morgan fingerprint density at radius 1 is 0.705 bits per heavy atom. The van der Waals surface area contributed by atoms with Gasteiger partial charge in [0, 0.05) is 50.1 Å². The summed E-state index contributed by atoms with van der Waals surface area (Å²) in [4.78, 5) is 9.07. The van der Waals surface area contributed by atoms with Gasteiger partial charge in [-0.1, -0.05) is 85.5 Å². The number of aryl methyl sites for hydroxylation is 2. The van der Waals surface area contributed by atoms with Gasteiger partial charge in [0.05, 0.1) is 0 Å². The van der Waals surface area contributed by atoms with E-state index in [0.29, 0.717) is 5.92 Å². The van der Waals surface area contributed by atoms with Gasteiger partial charge in [-0.25, -0.2) is 0 Å². The van der Waals surface area contributed by atoms with Crippen molar-refractivity contribution in [2.45, 2.75) is 34.2 Å². The van der Waals surface area contributed by atoms with Gasteiger partial charge in [0.1, 0.15) is 0 Å². The summed E-state index contributed by atoms with van der Waals surface area (Å²) >= 11 is 0. The second kappa shape index (κ2) is 13.9. The minimum absolute atomic E-state index is 0. The zero-order valence-electron chi connectivity index (χ0n) is 25.5. The van der Waals surface area contributed by atoms with Crippen LogP contribution >= 0.6 is 0 Å². The summed E-state index contributed by atoms with van der Waals surface area (Å²) in [5.41, 5.74) is 11.4. The molecule has 7 aromatic rings. The maximum absolute atomic E-state index is 4.55. The van der Waals surface area contributed by atoms with E-state index in [4.69, 9.17) is 0 Å². The van der Waals surface area contributed by atoms with Crippen LogP contribution in [0.5, 0.6) is 0 Å². The molecule has 4 heteroatoms. The van der Waals surface area contributed by atoms with Gasteiger partial charge in [0.15, 0.2) is 0 Å². The van der Waals surface area contributed by atoms with Crippen molar-refractivity contribution in [2.75, 3.05) is 0 Å². The van der Waals surface area contributed by atoms with E-state index in [1.165, 1.54) is 44.1 Å². The number of fused-ring (bicyclic) bond motifs is 3. The molecule has 0 fully saturated rings. The number of hydrogen-bond donors (Lipinski definition) is 0. The van der Waals surface area contributed by atoms with Crippen LogP contribution in [-0.2, 0) is 26.7 Å². The van der Waals surface area contributed by atoms with Crippen LogP contribution in [0, 0.1) is 31.9 Å². The minimum Gasteiger partial charge on any atom is -0.380 e. The Labute approximate surface area is 274 Å². The molecule has 44 heavy (non-hydrogen) atoms. The van der Waals surface area contributed by atoms with Crippen molar-refractivity contribution >= 4 is 21.8 Å². The van der Waals surface area contributed by atoms with Crippen LogP contribution in [-0.4, -0.2) is 14.5 Å². The zero-order valence-corrected chi connectivity index (χ0v) is 27.9. The standard InChI is InChI=1S/C22H21N2.C18H14N.Ir/c1-15(2)14-24-21-7-5-4-6-18(21)19-13-17(8-9-22(19)24)20-12-16(3)10-11-23-20;1-14-12-18(16-10-6-3-7-11-16)19-13-17(14)15-8-4-2-5-9-15;/h4-7,9-13,15H,14H2,1-3H3;2-10,12-13H,1H3;/q2*-1;. The molecule has 0 saturated carbocycles. The summed E-state index contributed by atoms with van der Waals surface area (Å²) in [7, 11) is 0. The number of pyridine rings is 2. The fourth-order valence-corrected chi connectivity index (χ4v) is 5.56. The van der Waals surface area contributed by atoms with E-state index < -0.39 is 0 Å². The molecule has 0 aliphatic heterocycles. The SMILES string of the molecule is Cc1cc(-c2[c-]cccc2)ncc1-c1ccccc1.Cc1ccnc(-c2[c-]cc3c(c2)c2ccccc2n3CC(C)C)c1.[Ir]. The van der Waals surface area contributed by atoms with Crippen molar-refractivity contribution in [3.63, 3.8) is 0 Å². The molecule has 0 aliphatic carbocycles. The Morgan fingerprint density at radius 3 is 2.18 bits per heavy atom. The van der Waals surface area contributed by atoms with E-state index in [9.17, 15) is 0 Å². The quantitative estimate of drug-likeness (QED) is 0.164. The van der Waals surface area contributed by atoms with E-state index in [-0.39, 0.29) is 20.1 Å². The number of aromatic nitrogens is 3. The molecule has 0 amide bonds. The van der Waals surface area contributed by atoms with Crippen LogP contribution in [0.4, 0.5) is 0 Å². The molecule has 3 aromatic heterocycles. The van der Waals surface area contributed by atoms with Crippen molar-refractivity contribution in [3.8, 4) is 33.6 Å². The van der Waals surface area contributed by atoms with Gasteiger partial charge in [0.2, 0.25) is 0 Å². The summed E-state index contributed by atoms with van der Waals surface area (Å²) in [6.07, 6.45) is 3.81. The molecule has 3 heterocycles. The predicted molar refractivity (Wildman–Crippen MR) is 180 cm³/mol. The molecule has 7 rings (SSSR count). The summed E-state index contributed by atoms with van der Waals surface area (Å²) in [6.45, 7) is 9.75. The van der Waals surface area contributed by atoms with Gasteiger partial charge >= 0.3 is 0 Å². The van der Waals surface area contributed by atoms with Crippen molar-refractivity contribution in [1.82, 2.24) is 14.5 Å². The van der Waals surface area contributed by atoms with E-state index in [2.05, 4.69) is 115 Å². The molecule has 0 spiro atoms. The second-order valence-electron chi connectivity index (χ2n) is 11.4. The molecule has 0 bridgehead atoms. The molecule has 0 N–H and O–H groups in total. The third kappa shape index (κ3) is 6.73. The first-order chi connectivity index (χ1) is 21.0. The van der Waals surface area contributed by atoms with Crippen molar-refractivity contribution in [1.29, 1.82) is 0 Å². The normalized spacial score (nSPS) is 10.8. The van der Waals surface area contributed by atoms with Crippen molar-refractivity contribution in [3.05, 3.63) is 145 Å². The summed E-state index contributed by atoms with van der Waals surface area (Å²) < 4.78 is 2.42. The molecule has 0 atom stereocenters. The van der Waals surface area contributed by atoms with Crippen LogP contribution in [0.1, 0.15) is 25.0 Å². The monoisotopic (exact) mass is 750 g/mol. The van der Waals surface area contributed by atoms with Gasteiger partial charge in [-0.05, 0) is 65.3 Å². The number of nitrogens with zero attached hydrogens (tertiary/aromatic N) is 3. The molecular formula is C40H35IrN3-2. The maximum atomic E-state index is 4.55. The largest absolute Gasteiger partial charge is 0.380 e. The molecule has 0 aliphatic rings. The number of rotatable bonds is 5. The average Bonchev–Trinajstić information content (AvgIpc) is 3.34. The van der Waals surface area contributed by atoms with Crippen LogP contribution in [0.2, 0.25) is 0 Å². The predicted octanol–water partition coefficient (Wildman–Crippen LogP) is 10.1. The maximum Gasteiger partial charge on any atom is 0.0391 e. The van der Waals surface area contributed by atoms with Crippen molar-refractivity contribution < 1.29 is 20.1 Å². The van der Waals surface area contributed by atoms with Crippen LogP contribution in [0.15, 0.2) is 122 Å². The average molecular weight is 750 g/mol. The molecule has 0 saturated heterocycles. The summed E-state index contributed by atoms with van der Waals surface area (Å²) in [5, 5.41) is 2.58. The van der Waals surface area contributed by atoms with Gasteiger partial charge in [-0.3, -0.25) is 0 Å². The number of hydrogen-bond acceptors (Lipinski definition) is 2. The zero-order chi connectivity index (χ0) is 29.8. The van der Waals surface area contributed by atoms with Gasteiger partial charge < -0.3 is 14.5 Å². The Morgan fingerprint density at radius 2 is 1.45 bits per heavy atom. The Bertz CT molecular complexity index is 1990. The molecule has 221 valence electrons. The topological polar surface area (TPSA) is 30.7 Å². The van der Waals surface area contributed by atoms with E-state index in [1.807, 2.05) is 60.9 Å². The third-order valence-electron chi connectivity index (χ3n) is 7.62. The van der Waals surface area contributed by atoms with Gasteiger partial charge in [-0.2, -0.15) is 0 Å². The first-order valence-electron chi connectivity index (χ1n) is 14.8. The number of benzene rings is 4. The molecular weight excluding hydrogens is 715 g/mol. The molecule has 4 aromatic carbocycles. The van der Waals surface area contributed by atoms with Crippen molar-refractivity contribution in [2.24, 2.45) is 5.92 Å². The first kappa shape index (κ1) is 31.1. The minimum atomic E-state index is 0. The fraction of sp³-hybridized carbons (Fsp3) is 0.150. The smallest absolute Gasteiger partial charge is 0.0391 e. The summed E-state index contributed by atoms with van der Waals surface area (Å²) in [5.74, 6) is 0.599. The fourth-order valence-electron chi connectivity index (χ4n) is 5.56. The Kier molecular flexibility index (Phi) is 9.85. The number of para-hydroxylation sites is 1. The van der Waals surface area contributed by atoms with Crippen LogP contribution in [0.25, 0.3) is 55.4 Å². The second-order valence-corrected chi connectivity index (χ2v) is 11.4. The Hall–Kier alpha value is -4.37. The molecule has 0 unspecified atom stereocenters. The van der Waals surface area contributed by atoms with E-state index >= 15 is 0 Å². The van der Waals surface area contributed by atoms with Gasteiger partial charge in [-0.15, -0.1) is 59.7 Å². The van der Waals surface area contributed by atoms with Crippen LogP contribution < -0.4 is 0 Å². The van der Waals surface area contributed by atoms with E-state index in [0.717, 1.165) is 29.1 Å². The molecule has 1 radical (unpaired) electrons. The first-order valence-corrected chi connectivity index (χ1v) is 14.8. The van der Waals surface area contributed by atoms with Crippen LogP contribution in [0.3, 0.4) is 0 Å². The Balaban J connectivity index is 0.000000175. The third-order valence-corrected chi connectivity index (χ3v) is 7.62. The van der Waals surface area contributed by atoms with E-state index in [1.54, 1.807) is 0 Å². The molecule has 3 nitrogen and oxygen atoms in total. The van der Waals surface area contributed by atoms with Gasteiger partial charge in [0.25, 0.3) is 0 Å².